The number of halogens is 1. The average molecular weight is 268 g/mol. The summed E-state index contributed by atoms with van der Waals surface area (Å²) in [6.45, 7) is 0. The third-order valence-electron chi connectivity index (χ3n) is 0. The summed E-state index contributed by atoms with van der Waals surface area (Å²) in [5, 5.41) is 18.0. The molecule has 70 valence electrons. The van der Waals surface area contributed by atoms with Gasteiger partial charge < -0.3 is 44.9 Å². The molecule has 0 aliphatic heterocycles. The molecule has 8 nitrogen and oxygen atoms in total. The second kappa shape index (κ2) is 183. The summed E-state index contributed by atoms with van der Waals surface area (Å²) in [6.07, 6.45) is 0. The van der Waals surface area contributed by atoms with Gasteiger partial charge in [0.25, 0.3) is 0 Å². The van der Waals surface area contributed by atoms with Crippen LogP contribution in [0, 0.1) is 20.2 Å². The van der Waals surface area contributed by atoms with Gasteiger partial charge in [0.1, 0.15) is 0 Å². The van der Waals surface area contributed by atoms with E-state index < -0.39 is 0 Å². The van der Waals surface area contributed by atoms with Crippen molar-refractivity contribution < 1.29 is 32.8 Å². The average Bonchev–Trinajstić information content (AvgIpc) is 1.39. The molecule has 0 aliphatic carbocycles. The Balaban J connectivity index is -0.00000000571. The van der Waals surface area contributed by atoms with Gasteiger partial charge in [-0.15, -0.1) is 10.7 Å². The quantitative estimate of drug-likeness (QED) is 0.287. The van der Waals surface area contributed by atoms with Gasteiger partial charge in [0.2, 0.25) is 0 Å². The number of hydrogen-bond acceptors (Lipinski definition) is 8. The first kappa shape index (κ1) is 53.9. The monoisotopic (exact) mass is 267 g/mol. The molecule has 0 rings (SSSR count). The SMILES string of the molecule is N.N.O=N[O-].O=N[O-].[Cl-].[Pd]. The number of hydrogen-bond donors (Lipinski definition) is 2. The third-order valence-corrected chi connectivity index (χ3v) is 0. The van der Waals surface area contributed by atoms with E-state index in [9.17, 15) is 0 Å². The van der Waals surface area contributed by atoms with Crippen LogP contribution in [0.15, 0.2) is 10.7 Å². The van der Waals surface area contributed by atoms with Crippen molar-refractivity contribution in [3.63, 3.8) is 0 Å². The first-order valence-electron chi connectivity index (χ1n) is 0.730. The van der Waals surface area contributed by atoms with Gasteiger partial charge >= 0.3 is 0 Å². The molecule has 0 bridgehead atoms. The van der Waals surface area contributed by atoms with Crippen LogP contribution >= 0.6 is 0 Å². The zero-order valence-corrected chi connectivity index (χ0v) is 6.95. The smallest absolute Gasteiger partial charge is 0 e. The van der Waals surface area contributed by atoms with Crippen molar-refractivity contribution in [2.75, 3.05) is 0 Å². The minimum Gasteiger partial charge on any atom is -1.00 e. The Morgan fingerprint density at radius 2 is 0.900 bits per heavy atom. The van der Waals surface area contributed by atoms with Crippen molar-refractivity contribution in [3.05, 3.63) is 20.2 Å². The molecule has 0 atom stereocenters. The molecule has 0 saturated heterocycles. The molecule has 0 aromatic carbocycles. The molecule has 0 aliphatic rings. The topological polar surface area (TPSA) is 175 Å². The van der Waals surface area contributed by atoms with E-state index in [2.05, 4.69) is 0 Å². The van der Waals surface area contributed by atoms with Gasteiger partial charge in [0.15, 0.2) is 0 Å². The van der Waals surface area contributed by atoms with Crippen LogP contribution in [0.5, 0.6) is 0 Å². The Hall–Kier alpha value is -0.328. The molecule has 0 aromatic heterocycles. The van der Waals surface area contributed by atoms with Gasteiger partial charge in [-0.1, -0.05) is 0 Å². The molecular formula is H6ClN4O4Pd-3. The van der Waals surface area contributed by atoms with E-state index in [0.717, 1.165) is 10.7 Å². The molecule has 0 amide bonds. The maximum atomic E-state index is 8.00. The molecule has 0 aromatic rings. The van der Waals surface area contributed by atoms with E-state index in [1.165, 1.54) is 0 Å². The molecule has 0 saturated carbocycles. The van der Waals surface area contributed by atoms with Crippen LogP contribution in [0.4, 0.5) is 0 Å². The summed E-state index contributed by atoms with van der Waals surface area (Å²) >= 11 is 0. The molecule has 10 heteroatoms. The van der Waals surface area contributed by atoms with E-state index >= 15 is 0 Å². The Morgan fingerprint density at radius 1 is 0.900 bits per heavy atom. The largest absolute Gasteiger partial charge is 1.00 e. The van der Waals surface area contributed by atoms with Gasteiger partial charge in [-0.3, -0.25) is 0 Å². The van der Waals surface area contributed by atoms with Crippen molar-refractivity contribution in [3.8, 4) is 0 Å². The van der Waals surface area contributed by atoms with Crippen molar-refractivity contribution in [1.82, 2.24) is 12.3 Å². The minimum absolute atomic E-state index is 0. The molecule has 0 spiro atoms. The van der Waals surface area contributed by atoms with E-state index in [4.69, 9.17) is 20.2 Å². The van der Waals surface area contributed by atoms with Gasteiger partial charge in [0.05, 0.1) is 0 Å². The van der Waals surface area contributed by atoms with Gasteiger partial charge in [-0.25, -0.2) is 0 Å². The van der Waals surface area contributed by atoms with Crippen LogP contribution in [0.3, 0.4) is 0 Å². The third kappa shape index (κ3) is 3180. The van der Waals surface area contributed by atoms with E-state index in [0.29, 0.717) is 0 Å². The fourth-order valence-electron chi connectivity index (χ4n) is 0. The summed E-state index contributed by atoms with van der Waals surface area (Å²) in [4.78, 5) is 16.0. The fourth-order valence-corrected chi connectivity index (χ4v) is 0. The van der Waals surface area contributed by atoms with Crippen molar-refractivity contribution in [1.29, 1.82) is 0 Å². The fraction of sp³-hybridized carbons (Fsp3) is 0. The standard InChI is InChI=1S/ClH.2HNO2.2H3N.Pd/c;2*2-1-3;;;/h1H;2*(H,2,3);2*1H3;/p-3. The van der Waals surface area contributed by atoms with Gasteiger partial charge in [0, 0.05) is 20.4 Å². The first-order chi connectivity index (χ1) is 2.83. The normalized spacial score (nSPS) is 2.40. The van der Waals surface area contributed by atoms with Gasteiger partial charge in [-0.05, 0) is 0 Å². The summed E-state index contributed by atoms with van der Waals surface area (Å²) in [5.41, 5.74) is 0. The molecule has 6 N–H and O–H groups in total. The summed E-state index contributed by atoms with van der Waals surface area (Å²) in [5.74, 6) is 0. The minimum atomic E-state index is 0. The predicted molar refractivity (Wildman–Crippen MR) is 28.4 cm³/mol. The summed E-state index contributed by atoms with van der Waals surface area (Å²) < 4.78 is 0. The van der Waals surface area contributed by atoms with Crippen LogP contribution in [0.25, 0.3) is 0 Å². The Kier molecular flexibility index (Phi) is 985. The zero-order valence-electron chi connectivity index (χ0n) is 4.64. The van der Waals surface area contributed by atoms with Crippen LogP contribution in [0.2, 0.25) is 0 Å². The predicted octanol–water partition coefficient (Wildman–Crippen LogP) is -2.17. The Labute approximate surface area is 76.5 Å². The Morgan fingerprint density at radius 3 is 0.900 bits per heavy atom. The van der Waals surface area contributed by atoms with Crippen molar-refractivity contribution in [2.45, 2.75) is 0 Å². The zero-order chi connectivity index (χ0) is 5.41. The van der Waals surface area contributed by atoms with Crippen molar-refractivity contribution in [2.24, 2.45) is 10.7 Å². The van der Waals surface area contributed by atoms with Crippen molar-refractivity contribution >= 4 is 0 Å². The summed E-state index contributed by atoms with van der Waals surface area (Å²) in [6, 6.07) is 0. The number of rotatable bonds is 0. The van der Waals surface area contributed by atoms with Crippen LogP contribution in [-0.4, -0.2) is 0 Å². The second-order valence-electron chi connectivity index (χ2n) is 0.149. The summed E-state index contributed by atoms with van der Waals surface area (Å²) in [7, 11) is 0. The number of nitrogens with zero attached hydrogens (tertiary/aromatic N) is 2. The van der Waals surface area contributed by atoms with Crippen LogP contribution < -0.4 is 24.7 Å². The molecule has 0 unspecified atom stereocenters. The van der Waals surface area contributed by atoms with Gasteiger partial charge in [-0.2, -0.15) is 0 Å². The second-order valence-corrected chi connectivity index (χ2v) is 0.149. The van der Waals surface area contributed by atoms with E-state index in [-0.39, 0.29) is 45.1 Å². The molecule has 10 heavy (non-hydrogen) atoms. The van der Waals surface area contributed by atoms with E-state index in [1.54, 1.807) is 0 Å². The molecule has 0 radical (unpaired) electrons. The van der Waals surface area contributed by atoms with E-state index in [1.807, 2.05) is 0 Å². The maximum absolute atomic E-state index is 8.00. The Bertz CT molecular complexity index is 38.2. The van der Waals surface area contributed by atoms with Crippen LogP contribution in [0.1, 0.15) is 0 Å². The molecule has 0 fully saturated rings. The first-order valence-corrected chi connectivity index (χ1v) is 0.730. The molecular weight excluding hydrogens is 262 g/mol. The maximum Gasteiger partial charge on any atom is 0 e. The molecule has 0 heterocycles. The van der Waals surface area contributed by atoms with Crippen LogP contribution in [-0.2, 0) is 20.4 Å².